The maximum atomic E-state index is 11.4. The van der Waals surface area contributed by atoms with Gasteiger partial charge < -0.3 is 5.32 Å². The molecule has 76 valence electrons. The zero-order valence-corrected chi connectivity index (χ0v) is 8.66. The molecule has 3 nitrogen and oxygen atoms in total. The van der Waals surface area contributed by atoms with Crippen LogP contribution in [0.25, 0.3) is 0 Å². The molecule has 0 aliphatic carbocycles. The van der Waals surface area contributed by atoms with Crippen molar-refractivity contribution in [2.75, 3.05) is 5.32 Å². The predicted octanol–water partition coefficient (Wildman–Crippen LogP) is 2.46. The normalized spacial score (nSPS) is 10.2. The van der Waals surface area contributed by atoms with Crippen LogP contribution >= 0.6 is 0 Å². The van der Waals surface area contributed by atoms with Crippen molar-refractivity contribution >= 4 is 11.7 Å². The van der Waals surface area contributed by atoms with Gasteiger partial charge in [-0.3, -0.25) is 4.79 Å². The van der Waals surface area contributed by atoms with Gasteiger partial charge in [0.1, 0.15) is 5.82 Å². The smallest absolute Gasteiger partial charge is 0.225 e. The van der Waals surface area contributed by atoms with Crippen LogP contribution in [-0.2, 0) is 4.79 Å². The van der Waals surface area contributed by atoms with Crippen LogP contribution < -0.4 is 5.32 Å². The summed E-state index contributed by atoms with van der Waals surface area (Å²) in [6.07, 6.45) is 3.14. The molecular formula is C11H16N2O. The number of nitrogens with one attached hydrogen (secondary N) is 1. The van der Waals surface area contributed by atoms with Crippen molar-refractivity contribution in [1.82, 2.24) is 4.98 Å². The maximum Gasteiger partial charge on any atom is 0.225 e. The minimum absolute atomic E-state index is 0.0393. The Morgan fingerprint density at radius 1 is 1.50 bits per heavy atom. The van der Waals surface area contributed by atoms with Gasteiger partial charge in [0.05, 0.1) is 0 Å². The Kier molecular flexibility index (Phi) is 4.11. The van der Waals surface area contributed by atoms with Crippen LogP contribution in [0, 0.1) is 5.92 Å². The zero-order chi connectivity index (χ0) is 10.4. The molecule has 0 spiro atoms. The van der Waals surface area contributed by atoms with E-state index in [0.717, 1.165) is 6.42 Å². The number of nitrogens with zero attached hydrogens (tertiary/aromatic N) is 1. The Bertz CT molecular complexity index is 283. The van der Waals surface area contributed by atoms with Gasteiger partial charge >= 0.3 is 0 Å². The summed E-state index contributed by atoms with van der Waals surface area (Å²) in [6, 6.07) is 5.46. The highest BCUT2D eigenvalue weighted by atomic mass is 16.1. The van der Waals surface area contributed by atoms with E-state index >= 15 is 0 Å². The second-order valence-electron chi connectivity index (χ2n) is 3.70. The lowest BCUT2D eigenvalue weighted by Crippen LogP contribution is -2.12. The van der Waals surface area contributed by atoms with E-state index in [1.54, 1.807) is 12.3 Å². The summed E-state index contributed by atoms with van der Waals surface area (Å²) in [6.45, 7) is 4.21. The minimum Gasteiger partial charge on any atom is -0.311 e. The van der Waals surface area contributed by atoms with Crippen molar-refractivity contribution in [2.45, 2.75) is 26.7 Å². The SMILES string of the molecule is CC(C)CCC(=O)Nc1ccccn1. The first-order valence-corrected chi connectivity index (χ1v) is 4.89. The molecule has 1 rings (SSSR count). The van der Waals surface area contributed by atoms with Gasteiger partial charge in [-0.25, -0.2) is 4.98 Å². The van der Waals surface area contributed by atoms with Crippen molar-refractivity contribution in [1.29, 1.82) is 0 Å². The Morgan fingerprint density at radius 3 is 2.86 bits per heavy atom. The van der Waals surface area contributed by atoms with Gasteiger partial charge in [0, 0.05) is 12.6 Å². The summed E-state index contributed by atoms with van der Waals surface area (Å²) in [7, 11) is 0. The Morgan fingerprint density at radius 2 is 2.29 bits per heavy atom. The topological polar surface area (TPSA) is 42.0 Å². The molecular weight excluding hydrogens is 176 g/mol. The highest BCUT2D eigenvalue weighted by Crippen LogP contribution is 2.06. The van der Waals surface area contributed by atoms with E-state index in [2.05, 4.69) is 24.1 Å². The Hall–Kier alpha value is -1.38. The average Bonchev–Trinajstić information content (AvgIpc) is 2.16. The minimum atomic E-state index is 0.0393. The summed E-state index contributed by atoms with van der Waals surface area (Å²) in [5, 5.41) is 2.75. The van der Waals surface area contributed by atoms with Gasteiger partial charge in [-0.1, -0.05) is 19.9 Å². The first-order chi connectivity index (χ1) is 6.68. The summed E-state index contributed by atoms with van der Waals surface area (Å²) in [5.74, 6) is 1.23. The number of pyridine rings is 1. The summed E-state index contributed by atoms with van der Waals surface area (Å²) in [4.78, 5) is 15.4. The number of hydrogen-bond donors (Lipinski definition) is 1. The van der Waals surface area contributed by atoms with E-state index in [1.807, 2.05) is 12.1 Å². The van der Waals surface area contributed by atoms with Crippen LogP contribution in [0.15, 0.2) is 24.4 Å². The van der Waals surface area contributed by atoms with Crippen LogP contribution in [-0.4, -0.2) is 10.9 Å². The lowest BCUT2D eigenvalue weighted by molar-refractivity contribution is -0.116. The molecule has 0 unspecified atom stereocenters. The molecule has 0 saturated carbocycles. The molecule has 1 aromatic heterocycles. The van der Waals surface area contributed by atoms with Gasteiger partial charge in [-0.2, -0.15) is 0 Å². The summed E-state index contributed by atoms with van der Waals surface area (Å²) < 4.78 is 0. The fourth-order valence-electron chi connectivity index (χ4n) is 1.06. The van der Waals surface area contributed by atoms with E-state index in [-0.39, 0.29) is 5.91 Å². The second-order valence-corrected chi connectivity index (χ2v) is 3.70. The summed E-state index contributed by atoms with van der Waals surface area (Å²) in [5.41, 5.74) is 0. The molecule has 1 heterocycles. The lowest BCUT2D eigenvalue weighted by Gasteiger charge is -2.05. The van der Waals surface area contributed by atoms with Crippen LogP contribution in [0.3, 0.4) is 0 Å². The van der Waals surface area contributed by atoms with Gasteiger partial charge in [-0.05, 0) is 24.5 Å². The van der Waals surface area contributed by atoms with Crippen molar-refractivity contribution < 1.29 is 4.79 Å². The van der Waals surface area contributed by atoms with E-state index in [9.17, 15) is 4.79 Å². The van der Waals surface area contributed by atoms with Crippen LogP contribution in [0.5, 0.6) is 0 Å². The van der Waals surface area contributed by atoms with Crippen molar-refractivity contribution in [3.63, 3.8) is 0 Å². The Balaban J connectivity index is 2.35. The average molecular weight is 192 g/mol. The maximum absolute atomic E-state index is 11.4. The lowest BCUT2D eigenvalue weighted by atomic mass is 10.1. The third kappa shape index (κ3) is 4.03. The highest BCUT2D eigenvalue weighted by molar-refractivity contribution is 5.89. The molecule has 0 aromatic carbocycles. The van der Waals surface area contributed by atoms with Crippen LogP contribution in [0.2, 0.25) is 0 Å². The largest absolute Gasteiger partial charge is 0.311 e. The van der Waals surface area contributed by atoms with Crippen molar-refractivity contribution in [3.8, 4) is 0 Å². The zero-order valence-electron chi connectivity index (χ0n) is 8.66. The van der Waals surface area contributed by atoms with E-state index in [1.165, 1.54) is 0 Å². The van der Waals surface area contributed by atoms with Gasteiger partial charge in [0.15, 0.2) is 0 Å². The van der Waals surface area contributed by atoms with Gasteiger partial charge in [0.25, 0.3) is 0 Å². The third-order valence-corrected chi connectivity index (χ3v) is 1.88. The molecule has 1 N–H and O–H groups in total. The number of hydrogen-bond acceptors (Lipinski definition) is 2. The second kappa shape index (κ2) is 5.37. The molecule has 0 saturated heterocycles. The van der Waals surface area contributed by atoms with Crippen LogP contribution in [0.4, 0.5) is 5.82 Å². The van der Waals surface area contributed by atoms with Gasteiger partial charge in [0.2, 0.25) is 5.91 Å². The Labute approximate surface area is 84.6 Å². The fourth-order valence-corrected chi connectivity index (χ4v) is 1.06. The standard InChI is InChI=1S/C11H16N2O/c1-9(2)6-7-11(14)13-10-5-3-4-8-12-10/h3-5,8-9H,6-7H2,1-2H3,(H,12,13,14). The predicted molar refractivity (Wildman–Crippen MR) is 56.9 cm³/mol. The summed E-state index contributed by atoms with van der Waals surface area (Å²) >= 11 is 0. The fraction of sp³-hybridized carbons (Fsp3) is 0.455. The molecule has 0 aliphatic rings. The van der Waals surface area contributed by atoms with Crippen molar-refractivity contribution in [2.24, 2.45) is 5.92 Å². The number of carbonyl (C=O) groups excluding carboxylic acids is 1. The number of anilines is 1. The van der Waals surface area contributed by atoms with Crippen molar-refractivity contribution in [3.05, 3.63) is 24.4 Å². The number of carbonyl (C=O) groups is 1. The molecule has 0 atom stereocenters. The molecule has 1 amide bonds. The van der Waals surface area contributed by atoms with E-state index in [0.29, 0.717) is 18.2 Å². The molecule has 3 heteroatoms. The highest BCUT2D eigenvalue weighted by Gasteiger charge is 2.03. The quantitative estimate of drug-likeness (QED) is 0.796. The van der Waals surface area contributed by atoms with E-state index in [4.69, 9.17) is 0 Å². The molecule has 0 fully saturated rings. The number of amides is 1. The molecule has 0 bridgehead atoms. The first-order valence-electron chi connectivity index (χ1n) is 4.89. The molecule has 14 heavy (non-hydrogen) atoms. The number of aromatic nitrogens is 1. The van der Waals surface area contributed by atoms with Crippen LogP contribution in [0.1, 0.15) is 26.7 Å². The third-order valence-electron chi connectivity index (χ3n) is 1.88. The molecule has 0 radical (unpaired) electrons. The monoisotopic (exact) mass is 192 g/mol. The molecule has 1 aromatic rings. The molecule has 0 aliphatic heterocycles. The van der Waals surface area contributed by atoms with E-state index < -0.39 is 0 Å². The first kappa shape index (κ1) is 10.7. The van der Waals surface area contributed by atoms with Gasteiger partial charge in [-0.15, -0.1) is 0 Å². The number of rotatable bonds is 4.